The topological polar surface area (TPSA) is 21.3 Å². The summed E-state index contributed by atoms with van der Waals surface area (Å²) in [5, 5.41) is 3.45. The van der Waals surface area contributed by atoms with Crippen LogP contribution in [0.15, 0.2) is 54.6 Å². The van der Waals surface area contributed by atoms with E-state index in [1.165, 1.54) is 11.1 Å². The molecular formula is C18H23NO. The lowest BCUT2D eigenvalue weighted by Crippen LogP contribution is -2.12. The maximum Gasteiger partial charge on any atom is 0.119 e. The first-order chi connectivity index (χ1) is 9.74. The molecule has 0 bridgehead atoms. The van der Waals surface area contributed by atoms with Crippen molar-refractivity contribution in [1.29, 1.82) is 0 Å². The standard InChI is InChI=1S/C18H23NO/c1-15(2)14-20-18-10-8-17(9-11-18)13-19-12-16-6-4-3-5-7-16/h3-11,15,19H,12-14H2,1-2H3. The van der Waals surface area contributed by atoms with Crippen molar-refractivity contribution in [2.24, 2.45) is 5.92 Å². The van der Waals surface area contributed by atoms with E-state index < -0.39 is 0 Å². The molecule has 0 unspecified atom stereocenters. The summed E-state index contributed by atoms with van der Waals surface area (Å²) in [7, 11) is 0. The molecule has 2 aromatic rings. The van der Waals surface area contributed by atoms with Gasteiger partial charge in [0.25, 0.3) is 0 Å². The molecule has 2 nitrogen and oxygen atoms in total. The second-order valence-corrected chi connectivity index (χ2v) is 5.44. The van der Waals surface area contributed by atoms with Crippen LogP contribution in [0.5, 0.6) is 5.75 Å². The Morgan fingerprint density at radius 2 is 1.45 bits per heavy atom. The fourth-order valence-corrected chi connectivity index (χ4v) is 1.91. The van der Waals surface area contributed by atoms with Crippen LogP contribution < -0.4 is 10.1 Å². The average molecular weight is 269 g/mol. The summed E-state index contributed by atoms with van der Waals surface area (Å²) in [6, 6.07) is 18.8. The monoisotopic (exact) mass is 269 g/mol. The lowest BCUT2D eigenvalue weighted by Gasteiger charge is -2.09. The predicted octanol–water partition coefficient (Wildman–Crippen LogP) is 4.01. The van der Waals surface area contributed by atoms with Gasteiger partial charge in [0.15, 0.2) is 0 Å². The maximum absolute atomic E-state index is 5.68. The molecule has 0 heterocycles. The molecule has 2 aromatic carbocycles. The number of nitrogens with one attached hydrogen (secondary N) is 1. The van der Waals surface area contributed by atoms with Crippen molar-refractivity contribution in [3.05, 3.63) is 65.7 Å². The maximum atomic E-state index is 5.68. The van der Waals surface area contributed by atoms with Gasteiger partial charge in [-0.3, -0.25) is 0 Å². The molecule has 1 N–H and O–H groups in total. The van der Waals surface area contributed by atoms with Crippen LogP contribution in [0.3, 0.4) is 0 Å². The zero-order valence-corrected chi connectivity index (χ0v) is 12.3. The van der Waals surface area contributed by atoms with E-state index in [1.807, 2.05) is 18.2 Å². The Balaban J connectivity index is 1.76. The molecule has 2 heteroatoms. The molecule has 0 saturated heterocycles. The Kier molecular flexibility index (Phi) is 5.63. The van der Waals surface area contributed by atoms with Gasteiger partial charge < -0.3 is 10.1 Å². The molecule has 0 aliphatic rings. The van der Waals surface area contributed by atoms with Gasteiger partial charge in [0.2, 0.25) is 0 Å². The number of benzene rings is 2. The normalized spacial score (nSPS) is 10.8. The van der Waals surface area contributed by atoms with Gasteiger partial charge in [-0.05, 0) is 29.2 Å². The van der Waals surface area contributed by atoms with Crippen LogP contribution in [0.1, 0.15) is 25.0 Å². The molecule has 0 radical (unpaired) electrons. The summed E-state index contributed by atoms with van der Waals surface area (Å²) in [4.78, 5) is 0. The fourth-order valence-electron chi connectivity index (χ4n) is 1.91. The first-order valence-electron chi connectivity index (χ1n) is 7.20. The lowest BCUT2D eigenvalue weighted by molar-refractivity contribution is 0.271. The van der Waals surface area contributed by atoms with Gasteiger partial charge >= 0.3 is 0 Å². The number of hydrogen-bond donors (Lipinski definition) is 1. The molecule has 0 amide bonds. The third-order valence-electron chi connectivity index (χ3n) is 3.01. The SMILES string of the molecule is CC(C)COc1ccc(CNCc2ccccc2)cc1. The summed E-state index contributed by atoms with van der Waals surface area (Å²) in [6.45, 7) is 6.85. The third-order valence-corrected chi connectivity index (χ3v) is 3.01. The van der Waals surface area contributed by atoms with E-state index in [2.05, 4.69) is 55.6 Å². The van der Waals surface area contributed by atoms with E-state index >= 15 is 0 Å². The molecule has 0 aromatic heterocycles. The van der Waals surface area contributed by atoms with Crippen LogP contribution in [-0.4, -0.2) is 6.61 Å². The Morgan fingerprint density at radius 1 is 0.850 bits per heavy atom. The average Bonchev–Trinajstić information content (AvgIpc) is 2.47. The van der Waals surface area contributed by atoms with Gasteiger partial charge in [-0.15, -0.1) is 0 Å². The zero-order valence-electron chi connectivity index (χ0n) is 12.3. The van der Waals surface area contributed by atoms with E-state index in [-0.39, 0.29) is 0 Å². The molecule has 106 valence electrons. The van der Waals surface area contributed by atoms with Crippen molar-refractivity contribution < 1.29 is 4.74 Å². The first kappa shape index (κ1) is 14.6. The summed E-state index contributed by atoms with van der Waals surface area (Å²) in [5.74, 6) is 1.51. The van der Waals surface area contributed by atoms with E-state index in [0.717, 1.165) is 25.4 Å². The van der Waals surface area contributed by atoms with Crippen molar-refractivity contribution >= 4 is 0 Å². The van der Waals surface area contributed by atoms with Gasteiger partial charge in [-0.25, -0.2) is 0 Å². The van der Waals surface area contributed by atoms with Crippen molar-refractivity contribution in [2.45, 2.75) is 26.9 Å². The van der Waals surface area contributed by atoms with Gasteiger partial charge in [0.1, 0.15) is 5.75 Å². The second kappa shape index (κ2) is 7.71. The Labute approximate surface area is 121 Å². The molecule has 0 fully saturated rings. The summed E-state index contributed by atoms with van der Waals surface area (Å²) in [6.07, 6.45) is 0. The predicted molar refractivity (Wildman–Crippen MR) is 83.8 cm³/mol. The number of rotatable bonds is 7. The van der Waals surface area contributed by atoms with Crippen LogP contribution in [0.2, 0.25) is 0 Å². The Bertz CT molecular complexity index is 491. The van der Waals surface area contributed by atoms with Crippen molar-refractivity contribution in [2.75, 3.05) is 6.61 Å². The minimum absolute atomic E-state index is 0.558. The molecule has 0 spiro atoms. The minimum Gasteiger partial charge on any atom is -0.493 e. The third kappa shape index (κ3) is 5.06. The van der Waals surface area contributed by atoms with E-state index in [4.69, 9.17) is 4.74 Å². The highest BCUT2D eigenvalue weighted by atomic mass is 16.5. The smallest absolute Gasteiger partial charge is 0.119 e. The van der Waals surface area contributed by atoms with Gasteiger partial charge in [-0.1, -0.05) is 56.3 Å². The lowest BCUT2D eigenvalue weighted by atomic mass is 10.2. The van der Waals surface area contributed by atoms with E-state index in [9.17, 15) is 0 Å². The number of hydrogen-bond acceptors (Lipinski definition) is 2. The molecular weight excluding hydrogens is 246 g/mol. The van der Waals surface area contributed by atoms with Crippen LogP contribution in [0.25, 0.3) is 0 Å². The first-order valence-corrected chi connectivity index (χ1v) is 7.20. The van der Waals surface area contributed by atoms with Gasteiger partial charge in [0.05, 0.1) is 6.61 Å². The van der Waals surface area contributed by atoms with E-state index in [1.54, 1.807) is 0 Å². The molecule has 0 aliphatic heterocycles. The summed E-state index contributed by atoms with van der Waals surface area (Å²) in [5.41, 5.74) is 2.59. The highest BCUT2D eigenvalue weighted by Crippen LogP contribution is 2.13. The molecule has 0 aliphatic carbocycles. The van der Waals surface area contributed by atoms with Gasteiger partial charge in [0, 0.05) is 13.1 Å². The van der Waals surface area contributed by atoms with Crippen LogP contribution in [-0.2, 0) is 13.1 Å². The fraction of sp³-hybridized carbons (Fsp3) is 0.333. The van der Waals surface area contributed by atoms with Gasteiger partial charge in [-0.2, -0.15) is 0 Å². The van der Waals surface area contributed by atoms with Crippen molar-refractivity contribution in [1.82, 2.24) is 5.32 Å². The second-order valence-electron chi connectivity index (χ2n) is 5.44. The largest absolute Gasteiger partial charge is 0.493 e. The van der Waals surface area contributed by atoms with Crippen molar-refractivity contribution in [3.8, 4) is 5.75 Å². The summed E-state index contributed by atoms with van der Waals surface area (Å²) >= 11 is 0. The Morgan fingerprint density at radius 3 is 2.05 bits per heavy atom. The Hall–Kier alpha value is -1.80. The van der Waals surface area contributed by atoms with Crippen LogP contribution >= 0.6 is 0 Å². The summed E-state index contributed by atoms with van der Waals surface area (Å²) < 4.78 is 5.68. The molecule has 20 heavy (non-hydrogen) atoms. The molecule has 0 atom stereocenters. The van der Waals surface area contributed by atoms with Crippen LogP contribution in [0.4, 0.5) is 0 Å². The highest BCUT2D eigenvalue weighted by Gasteiger charge is 1.98. The van der Waals surface area contributed by atoms with Crippen molar-refractivity contribution in [3.63, 3.8) is 0 Å². The van der Waals surface area contributed by atoms with Crippen LogP contribution in [0, 0.1) is 5.92 Å². The molecule has 0 saturated carbocycles. The minimum atomic E-state index is 0.558. The zero-order chi connectivity index (χ0) is 14.2. The van der Waals surface area contributed by atoms with E-state index in [0.29, 0.717) is 5.92 Å². The number of ether oxygens (including phenoxy) is 1. The quantitative estimate of drug-likeness (QED) is 0.820. The molecule has 2 rings (SSSR count). The highest BCUT2D eigenvalue weighted by molar-refractivity contribution is 5.27.